The summed E-state index contributed by atoms with van der Waals surface area (Å²) in [5.74, 6) is -6.81. The van der Waals surface area contributed by atoms with Crippen molar-refractivity contribution in [2.24, 2.45) is 0 Å². The smallest absolute Gasteiger partial charge is 0.366 e. The van der Waals surface area contributed by atoms with E-state index in [0.29, 0.717) is 6.42 Å². The van der Waals surface area contributed by atoms with Crippen LogP contribution in [0.4, 0.5) is 0 Å². The van der Waals surface area contributed by atoms with Gasteiger partial charge in [-0.05, 0) is 6.42 Å². The van der Waals surface area contributed by atoms with Crippen molar-refractivity contribution < 1.29 is 61.9 Å². The molecule has 0 radical (unpaired) electrons. The minimum absolute atomic E-state index is 0.0848. The van der Waals surface area contributed by atoms with Crippen molar-refractivity contribution >= 4 is 35.8 Å². The first-order valence-corrected chi connectivity index (χ1v) is 11.6. The Morgan fingerprint density at radius 2 is 1.57 bits per heavy atom. The van der Waals surface area contributed by atoms with Gasteiger partial charge in [0.2, 0.25) is 5.91 Å². The zero-order valence-corrected chi connectivity index (χ0v) is 22.0. The van der Waals surface area contributed by atoms with Gasteiger partial charge in [0, 0.05) is 41.2 Å². The summed E-state index contributed by atoms with van der Waals surface area (Å²) < 4.78 is 37.3. The Morgan fingerprint density at radius 1 is 0.946 bits per heavy atom. The van der Waals surface area contributed by atoms with Crippen LogP contribution < -0.4 is 5.32 Å². The highest BCUT2D eigenvalue weighted by atomic mass is 16.7. The lowest BCUT2D eigenvalue weighted by molar-refractivity contribution is -0.307. The topological polar surface area (TPSA) is 179 Å². The Kier molecular flexibility index (Phi) is 12.4. The number of carbonyl (C=O) groups is 6. The molecule has 210 valence electrons. The van der Waals surface area contributed by atoms with Gasteiger partial charge in [-0.2, -0.15) is 0 Å². The Bertz CT molecular complexity index is 860. The van der Waals surface area contributed by atoms with E-state index in [9.17, 15) is 28.8 Å². The van der Waals surface area contributed by atoms with Gasteiger partial charge in [0.1, 0.15) is 18.8 Å². The maximum absolute atomic E-state index is 12.8. The number of esters is 5. The van der Waals surface area contributed by atoms with Crippen molar-refractivity contribution in [2.45, 2.75) is 90.1 Å². The molecule has 1 fully saturated rings. The third-order valence-electron chi connectivity index (χ3n) is 5.26. The van der Waals surface area contributed by atoms with Gasteiger partial charge in [0.15, 0.2) is 12.2 Å². The third kappa shape index (κ3) is 9.28. The van der Waals surface area contributed by atoms with E-state index in [-0.39, 0.29) is 6.42 Å². The molecule has 1 amide bonds. The summed E-state index contributed by atoms with van der Waals surface area (Å²) in [6, 6.07) is -1.23. The number of carbonyl (C=O) groups excluding carboxylic acids is 6. The van der Waals surface area contributed by atoms with Gasteiger partial charge in [-0.1, -0.05) is 6.92 Å². The van der Waals surface area contributed by atoms with Crippen LogP contribution >= 0.6 is 0 Å². The highest BCUT2D eigenvalue weighted by Crippen LogP contribution is 2.36. The van der Waals surface area contributed by atoms with E-state index in [1.165, 1.54) is 0 Å². The van der Waals surface area contributed by atoms with E-state index in [2.05, 4.69) is 5.32 Å². The van der Waals surface area contributed by atoms with Gasteiger partial charge >= 0.3 is 29.8 Å². The van der Waals surface area contributed by atoms with Crippen LogP contribution in [0.5, 0.6) is 0 Å². The maximum Gasteiger partial charge on any atom is 0.366 e. The van der Waals surface area contributed by atoms with E-state index in [1.807, 2.05) is 0 Å². The second kappa shape index (κ2) is 14.5. The Morgan fingerprint density at radius 3 is 2.03 bits per heavy atom. The molecule has 0 aromatic rings. The number of ether oxygens (including phenoxy) is 7. The first kappa shape index (κ1) is 31.8. The number of rotatable bonds is 12. The predicted octanol–water partition coefficient (Wildman–Crippen LogP) is -0.0659. The molecule has 0 aliphatic carbocycles. The van der Waals surface area contributed by atoms with Crippen LogP contribution in [0.2, 0.25) is 0 Å². The molecule has 0 saturated carbocycles. The molecule has 1 N–H and O–H groups in total. The highest BCUT2D eigenvalue weighted by molar-refractivity contribution is 5.79. The largest absolute Gasteiger partial charge is 0.465 e. The lowest BCUT2D eigenvalue weighted by Gasteiger charge is -2.48. The van der Waals surface area contributed by atoms with Crippen molar-refractivity contribution in [1.82, 2.24) is 5.32 Å². The Balaban J connectivity index is 3.76. The van der Waals surface area contributed by atoms with Crippen LogP contribution in [-0.4, -0.2) is 92.8 Å². The molecule has 14 nitrogen and oxygen atoms in total. The minimum atomic E-state index is -2.17. The SMILES string of the molecule is CCCC(=O)N[C@H]1[C@H]([C@H](OC(C)=O)[C@@H](COC(C)=O)OC(C)=O)O[C@@](OC)(C(=O)OC)C[C@@H]1OC(C)=O. The van der Waals surface area contributed by atoms with Crippen molar-refractivity contribution in [3.8, 4) is 0 Å². The fourth-order valence-electron chi connectivity index (χ4n) is 3.86. The van der Waals surface area contributed by atoms with Crippen molar-refractivity contribution in [1.29, 1.82) is 0 Å². The molecular formula is C23H35NO13. The van der Waals surface area contributed by atoms with Crippen LogP contribution in [0.3, 0.4) is 0 Å². The molecule has 0 bridgehead atoms. The molecule has 0 aromatic carbocycles. The van der Waals surface area contributed by atoms with E-state index in [0.717, 1.165) is 41.9 Å². The second-order valence-corrected chi connectivity index (χ2v) is 8.25. The number of amides is 1. The Hall–Kier alpha value is -3.26. The van der Waals surface area contributed by atoms with E-state index in [1.54, 1.807) is 6.92 Å². The van der Waals surface area contributed by atoms with E-state index < -0.39 is 85.0 Å². The van der Waals surface area contributed by atoms with Gasteiger partial charge in [-0.25, -0.2) is 4.79 Å². The summed E-state index contributed by atoms with van der Waals surface area (Å²) in [6.45, 7) is 5.56. The van der Waals surface area contributed by atoms with Gasteiger partial charge in [-0.3, -0.25) is 24.0 Å². The van der Waals surface area contributed by atoms with E-state index in [4.69, 9.17) is 33.2 Å². The van der Waals surface area contributed by atoms with Gasteiger partial charge in [0.25, 0.3) is 5.79 Å². The lowest BCUT2D eigenvalue weighted by atomic mass is 9.88. The van der Waals surface area contributed by atoms with Gasteiger partial charge in [-0.15, -0.1) is 0 Å². The quantitative estimate of drug-likeness (QED) is 0.260. The van der Waals surface area contributed by atoms with Crippen molar-refractivity contribution in [2.75, 3.05) is 20.8 Å². The summed E-state index contributed by atoms with van der Waals surface area (Å²) in [5, 5.41) is 2.68. The Labute approximate surface area is 214 Å². The molecular weight excluding hydrogens is 498 g/mol. The lowest BCUT2D eigenvalue weighted by Crippen LogP contribution is -2.69. The summed E-state index contributed by atoms with van der Waals surface area (Å²) in [5.41, 5.74) is 0. The summed E-state index contributed by atoms with van der Waals surface area (Å²) in [7, 11) is 2.21. The van der Waals surface area contributed by atoms with Crippen LogP contribution in [0.25, 0.3) is 0 Å². The van der Waals surface area contributed by atoms with E-state index >= 15 is 0 Å². The van der Waals surface area contributed by atoms with Crippen LogP contribution in [0.1, 0.15) is 53.9 Å². The zero-order chi connectivity index (χ0) is 28.3. The number of methoxy groups -OCH3 is 2. The van der Waals surface area contributed by atoms with Crippen molar-refractivity contribution in [3.05, 3.63) is 0 Å². The van der Waals surface area contributed by atoms with Crippen LogP contribution in [-0.2, 0) is 61.9 Å². The minimum Gasteiger partial charge on any atom is -0.465 e. The molecule has 0 spiro atoms. The fraction of sp³-hybridized carbons (Fsp3) is 0.739. The molecule has 14 heteroatoms. The normalized spacial score (nSPS) is 24.6. The molecule has 1 rings (SSSR count). The first-order valence-electron chi connectivity index (χ1n) is 11.6. The number of hydrogen-bond acceptors (Lipinski definition) is 13. The molecule has 1 aliphatic rings. The van der Waals surface area contributed by atoms with Crippen LogP contribution in [0, 0.1) is 0 Å². The fourth-order valence-corrected chi connectivity index (χ4v) is 3.86. The summed E-state index contributed by atoms with van der Waals surface area (Å²) in [4.78, 5) is 72.9. The first-order chi connectivity index (χ1) is 17.3. The second-order valence-electron chi connectivity index (χ2n) is 8.25. The number of hydrogen-bond donors (Lipinski definition) is 1. The number of nitrogens with one attached hydrogen (secondary N) is 1. The monoisotopic (exact) mass is 533 g/mol. The third-order valence-corrected chi connectivity index (χ3v) is 5.26. The zero-order valence-electron chi connectivity index (χ0n) is 22.0. The standard InChI is InChI=1S/C23H35NO13/c1-8-9-18(29)24-19-16(34-13(3)26)10-23(32-7,22(30)31-6)37-21(19)20(36-15(5)28)17(35-14(4)27)11-33-12(2)25/h16-17,19-21H,8-11H2,1-7H3,(H,24,29)/t16-,17+,19+,20+,21+,23+/m0/s1. The molecule has 1 heterocycles. The van der Waals surface area contributed by atoms with Gasteiger partial charge in [0.05, 0.1) is 19.6 Å². The molecule has 37 heavy (non-hydrogen) atoms. The molecule has 0 aromatic heterocycles. The molecule has 6 atom stereocenters. The summed E-state index contributed by atoms with van der Waals surface area (Å²) >= 11 is 0. The molecule has 1 aliphatic heterocycles. The molecule has 0 unspecified atom stereocenters. The average molecular weight is 534 g/mol. The van der Waals surface area contributed by atoms with Crippen molar-refractivity contribution in [3.63, 3.8) is 0 Å². The van der Waals surface area contributed by atoms with Crippen LogP contribution in [0.15, 0.2) is 0 Å². The highest BCUT2D eigenvalue weighted by Gasteiger charge is 2.58. The maximum atomic E-state index is 12.8. The predicted molar refractivity (Wildman–Crippen MR) is 121 cm³/mol. The average Bonchev–Trinajstić information content (AvgIpc) is 2.80. The summed E-state index contributed by atoms with van der Waals surface area (Å²) in [6.07, 6.45) is -5.65. The molecule has 1 saturated heterocycles. The van der Waals surface area contributed by atoms with Gasteiger partial charge < -0.3 is 38.5 Å².